The lowest BCUT2D eigenvalue weighted by molar-refractivity contribution is -0.137. The highest BCUT2D eigenvalue weighted by atomic mass is 32.2. The van der Waals surface area contributed by atoms with Crippen LogP contribution in [0.25, 0.3) is 0 Å². The summed E-state index contributed by atoms with van der Waals surface area (Å²) >= 11 is 0. The molecule has 0 spiro atoms. The Bertz CT molecular complexity index is 958. The van der Waals surface area contributed by atoms with Gasteiger partial charge in [-0.1, -0.05) is 24.3 Å². The van der Waals surface area contributed by atoms with Gasteiger partial charge in [0.15, 0.2) is 0 Å². The standard InChI is InChI=1S/C17H15F3N2O3S/c1-21-16(23)15-9-11-5-2-3-8-14(11)22(15)26(24,25)13-7-4-6-12(10-13)17(18,19)20/h2-8,10,15H,9H2,1H3,(H,21,23)/t15-/m0/s1. The van der Waals surface area contributed by atoms with Crippen LogP contribution in [0.15, 0.2) is 53.4 Å². The molecule has 0 aliphatic carbocycles. The normalized spacial score (nSPS) is 17.1. The summed E-state index contributed by atoms with van der Waals surface area (Å²) < 4.78 is 65.9. The second-order valence-electron chi connectivity index (χ2n) is 5.79. The van der Waals surface area contributed by atoms with Crippen LogP contribution in [0.5, 0.6) is 0 Å². The van der Waals surface area contributed by atoms with E-state index in [9.17, 15) is 26.4 Å². The van der Waals surface area contributed by atoms with E-state index >= 15 is 0 Å². The summed E-state index contributed by atoms with van der Waals surface area (Å²) in [4.78, 5) is 11.7. The topological polar surface area (TPSA) is 66.5 Å². The van der Waals surface area contributed by atoms with E-state index in [4.69, 9.17) is 0 Å². The van der Waals surface area contributed by atoms with Crippen molar-refractivity contribution in [2.75, 3.05) is 11.4 Å². The van der Waals surface area contributed by atoms with Crippen molar-refractivity contribution in [3.05, 3.63) is 59.7 Å². The molecule has 1 atom stereocenters. The van der Waals surface area contributed by atoms with E-state index in [2.05, 4.69) is 5.32 Å². The smallest absolute Gasteiger partial charge is 0.357 e. The minimum absolute atomic E-state index is 0.147. The molecule has 2 aromatic rings. The van der Waals surface area contributed by atoms with Crippen LogP contribution in [0.3, 0.4) is 0 Å². The molecule has 138 valence electrons. The summed E-state index contributed by atoms with van der Waals surface area (Å²) in [5.74, 6) is -0.531. The van der Waals surface area contributed by atoms with Crippen molar-refractivity contribution in [2.45, 2.75) is 23.5 Å². The molecular formula is C17H15F3N2O3S. The van der Waals surface area contributed by atoms with Gasteiger partial charge < -0.3 is 5.32 Å². The Balaban J connectivity index is 2.14. The predicted octanol–water partition coefficient (Wildman–Crippen LogP) is 2.57. The Hall–Kier alpha value is -2.55. The SMILES string of the molecule is CNC(=O)[C@@H]1Cc2ccccc2N1S(=O)(=O)c1cccc(C(F)(F)F)c1. The van der Waals surface area contributed by atoms with E-state index in [1.807, 2.05) is 0 Å². The molecule has 0 fully saturated rings. The van der Waals surface area contributed by atoms with Crippen LogP contribution >= 0.6 is 0 Å². The number of rotatable bonds is 3. The Morgan fingerprint density at radius 3 is 2.50 bits per heavy atom. The Morgan fingerprint density at radius 2 is 1.85 bits per heavy atom. The van der Waals surface area contributed by atoms with Crippen LogP contribution < -0.4 is 9.62 Å². The largest absolute Gasteiger partial charge is 0.416 e. The van der Waals surface area contributed by atoms with Crippen molar-refractivity contribution in [1.29, 1.82) is 0 Å². The Morgan fingerprint density at radius 1 is 1.15 bits per heavy atom. The second-order valence-corrected chi connectivity index (χ2v) is 7.60. The van der Waals surface area contributed by atoms with Crippen LogP contribution in [0.1, 0.15) is 11.1 Å². The lowest BCUT2D eigenvalue weighted by Gasteiger charge is -2.26. The van der Waals surface area contributed by atoms with Crippen molar-refractivity contribution >= 4 is 21.6 Å². The molecule has 26 heavy (non-hydrogen) atoms. The van der Waals surface area contributed by atoms with Gasteiger partial charge in [-0.15, -0.1) is 0 Å². The number of halogens is 3. The van der Waals surface area contributed by atoms with Gasteiger partial charge in [-0.25, -0.2) is 8.42 Å². The number of likely N-dealkylation sites (N-methyl/N-ethyl adjacent to an activating group) is 1. The first-order valence-corrected chi connectivity index (χ1v) is 9.11. The van der Waals surface area contributed by atoms with Gasteiger partial charge in [0, 0.05) is 13.5 Å². The van der Waals surface area contributed by atoms with Gasteiger partial charge in [-0.2, -0.15) is 13.2 Å². The highest BCUT2D eigenvalue weighted by Gasteiger charge is 2.42. The van der Waals surface area contributed by atoms with Crippen molar-refractivity contribution in [3.63, 3.8) is 0 Å². The quantitative estimate of drug-likeness (QED) is 0.885. The van der Waals surface area contributed by atoms with Gasteiger partial charge in [0.05, 0.1) is 16.1 Å². The number of carbonyl (C=O) groups is 1. The van der Waals surface area contributed by atoms with Crippen LogP contribution in [0.4, 0.5) is 18.9 Å². The molecule has 1 amide bonds. The van der Waals surface area contributed by atoms with Crippen molar-refractivity contribution < 1.29 is 26.4 Å². The summed E-state index contributed by atoms with van der Waals surface area (Å²) in [6.45, 7) is 0. The fourth-order valence-electron chi connectivity index (χ4n) is 2.97. The maximum Gasteiger partial charge on any atom is 0.416 e. The minimum Gasteiger partial charge on any atom is -0.357 e. The summed E-state index contributed by atoms with van der Waals surface area (Å²) in [5.41, 5.74) is -0.141. The van der Waals surface area contributed by atoms with Gasteiger partial charge in [0.25, 0.3) is 10.0 Å². The number of amides is 1. The van der Waals surface area contributed by atoms with Crippen molar-refractivity contribution in [3.8, 4) is 0 Å². The number of nitrogens with zero attached hydrogens (tertiary/aromatic N) is 1. The molecule has 0 bridgehead atoms. The van der Waals surface area contributed by atoms with Gasteiger partial charge in [-0.3, -0.25) is 9.10 Å². The predicted molar refractivity (Wildman–Crippen MR) is 89.1 cm³/mol. The Labute approximate surface area is 148 Å². The van der Waals surface area contributed by atoms with E-state index in [0.29, 0.717) is 17.3 Å². The number of carbonyl (C=O) groups excluding carboxylic acids is 1. The van der Waals surface area contributed by atoms with Crippen LogP contribution in [-0.2, 0) is 27.4 Å². The number of hydrogen-bond donors (Lipinski definition) is 1. The van der Waals surface area contributed by atoms with Crippen LogP contribution in [0, 0.1) is 0 Å². The molecule has 1 aliphatic rings. The zero-order valence-corrected chi connectivity index (χ0v) is 14.4. The number of para-hydroxylation sites is 1. The van der Waals surface area contributed by atoms with E-state index in [1.54, 1.807) is 18.2 Å². The lowest BCUT2D eigenvalue weighted by Crippen LogP contribution is -2.47. The molecule has 1 heterocycles. The highest BCUT2D eigenvalue weighted by Crippen LogP contribution is 2.38. The monoisotopic (exact) mass is 384 g/mol. The average molecular weight is 384 g/mol. The van der Waals surface area contributed by atoms with Crippen LogP contribution in [-0.4, -0.2) is 27.4 Å². The number of sulfonamides is 1. The molecule has 0 saturated carbocycles. The average Bonchev–Trinajstić information content (AvgIpc) is 3.00. The fraction of sp³-hybridized carbons (Fsp3) is 0.235. The molecule has 1 N–H and O–H groups in total. The molecule has 2 aromatic carbocycles. The zero-order chi connectivity index (χ0) is 19.1. The minimum atomic E-state index is -4.67. The lowest BCUT2D eigenvalue weighted by atomic mass is 10.1. The van der Waals surface area contributed by atoms with Crippen molar-refractivity contribution in [2.24, 2.45) is 0 Å². The number of nitrogens with one attached hydrogen (secondary N) is 1. The van der Waals surface area contributed by atoms with Gasteiger partial charge in [0.2, 0.25) is 5.91 Å². The maximum atomic E-state index is 13.1. The summed E-state index contributed by atoms with van der Waals surface area (Å²) in [6, 6.07) is 8.98. The number of anilines is 1. The van der Waals surface area contributed by atoms with Gasteiger partial charge in [0.1, 0.15) is 6.04 Å². The maximum absolute atomic E-state index is 13.1. The van der Waals surface area contributed by atoms with E-state index in [0.717, 1.165) is 22.5 Å². The first kappa shape index (κ1) is 18.2. The van der Waals surface area contributed by atoms with E-state index < -0.39 is 38.6 Å². The summed E-state index contributed by atoms with van der Waals surface area (Å²) in [5, 5.41) is 2.41. The summed E-state index contributed by atoms with van der Waals surface area (Å²) in [6.07, 6.45) is -4.53. The van der Waals surface area contributed by atoms with E-state index in [-0.39, 0.29) is 6.42 Å². The molecule has 0 saturated heterocycles. The van der Waals surface area contributed by atoms with Crippen molar-refractivity contribution in [1.82, 2.24) is 5.32 Å². The molecular weight excluding hydrogens is 369 g/mol. The second kappa shape index (κ2) is 6.31. The molecule has 0 unspecified atom stereocenters. The third-order valence-electron chi connectivity index (χ3n) is 4.19. The third-order valence-corrected chi connectivity index (χ3v) is 6.01. The van der Waals surface area contributed by atoms with Gasteiger partial charge >= 0.3 is 6.18 Å². The molecule has 5 nitrogen and oxygen atoms in total. The molecule has 0 aromatic heterocycles. The number of alkyl halides is 3. The molecule has 9 heteroatoms. The zero-order valence-electron chi connectivity index (χ0n) is 13.6. The van der Waals surface area contributed by atoms with E-state index in [1.165, 1.54) is 13.1 Å². The summed E-state index contributed by atoms with van der Waals surface area (Å²) in [7, 11) is -2.99. The fourth-order valence-corrected chi connectivity index (χ4v) is 4.66. The van der Waals surface area contributed by atoms with Gasteiger partial charge in [-0.05, 0) is 29.8 Å². The molecule has 0 radical (unpaired) electrons. The number of fused-ring (bicyclic) bond motifs is 1. The van der Waals surface area contributed by atoms with Crippen LogP contribution in [0.2, 0.25) is 0 Å². The molecule has 3 rings (SSSR count). The first-order chi connectivity index (χ1) is 12.2. The first-order valence-electron chi connectivity index (χ1n) is 7.67. The molecule has 1 aliphatic heterocycles. The number of benzene rings is 2. The Kier molecular flexibility index (Phi) is 4.43. The third kappa shape index (κ3) is 3.03. The number of hydrogen-bond acceptors (Lipinski definition) is 3. The highest BCUT2D eigenvalue weighted by molar-refractivity contribution is 7.93.